The number of hydrogen-bond acceptors (Lipinski definition) is 3. The van der Waals surface area contributed by atoms with E-state index >= 15 is 0 Å². The van der Waals surface area contributed by atoms with Crippen LogP contribution in [0.1, 0.15) is 39.5 Å². The predicted octanol–water partition coefficient (Wildman–Crippen LogP) is 3.99. The zero-order valence-electron chi connectivity index (χ0n) is 12.3. The summed E-state index contributed by atoms with van der Waals surface area (Å²) in [6.45, 7) is 10.8. The molecule has 0 aromatic heterocycles. The summed E-state index contributed by atoms with van der Waals surface area (Å²) in [5, 5.41) is 0. The highest BCUT2D eigenvalue weighted by Gasteiger charge is 2.14. The van der Waals surface area contributed by atoms with Gasteiger partial charge in [-0.05, 0) is 19.8 Å². The van der Waals surface area contributed by atoms with Gasteiger partial charge in [-0.1, -0.05) is 45.3 Å². The number of carbonyl (C=O) groups excluding carboxylic acids is 1. The van der Waals surface area contributed by atoms with E-state index in [2.05, 4.69) is 38.0 Å². The van der Waals surface area contributed by atoms with Crippen LogP contribution < -0.4 is 0 Å². The molecule has 0 heterocycles. The van der Waals surface area contributed by atoms with Crippen LogP contribution in [0.4, 0.5) is 4.79 Å². The van der Waals surface area contributed by atoms with Gasteiger partial charge in [-0.3, -0.25) is 0 Å². The third-order valence-corrected chi connectivity index (χ3v) is 3.07. The first-order chi connectivity index (χ1) is 8.39. The zero-order valence-corrected chi connectivity index (χ0v) is 13.3. The Labute approximate surface area is 112 Å². The van der Waals surface area contributed by atoms with Crippen LogP contribution in [-0.4, -0.2) is 26.9 Å². The summed E-state index contributed by atoms with van der Waals surface area (Å²) in [4.78, 5) is 11.3. The smallest absolute Gasteiger partial charge is 0.435 e. The largest absolute Gasteiger partial charge is 0.509 e. The average molecular weight is 270 g/mol. The number of ether oxygens (including phenoxy) is 2. The molecule has 0 rings (SSSR count). The fraction of sp³-hybridized carbons (Fsp3) is 0.786. The number of unbranched alkanes of at least 4 members (excludes halogenated alkanes) is 2. The van der Waals surface area contributed by atoms with Crippen LogP contribution in [0.3, 0.4) is 0 Å². The maximum Gasteiger partial charge on any atom is 0.509 e. The quantitative estimate of drug-likeness (QED) is 0.317. The Hall–Kier alpha value is -0.953. The lowest BCUT2D eigenvalue weighted by Crippen LogP contribution is -2.21. The molecule has 0 bridgehead atoms. The molecule has 0 saturated carbocycles. The van der Waals surface area contributed by atoms with E-state index in [-0.39, 0.29) is 6.10 Å². The summed E-state index contributed by atoms with van der Waals surface area (Å²) >= 11 is 0. The van der Waals surface area contributed by atoms with Crippen molar-refractivity contribution < 1.29 is 14.3 Å². The molecule has 1 atom stereocenters. The van der Waals surface area contributed by atoms with E-state index < -0.39 is 14.2 Å². The minimum atomic E-state index is -1.43. The van der Waals surface area contributed by atoms with Crippen molar-refractivity contribution in [3.05, 3.63) is 0 Å². The lowest BCUT2D eigenvalue weighted by molar-refractivity contribution is 0.0403. The van der Waals surface area contributed by atoms with Gasteiger partial charge in [0.05, 0.1) is 6.61 Å². The molecule has 18 heavy (non-hydrogen) atoms. The van der Waals surface area contributed by atoms with Crippen LogP contribution in [0.5, 0.6) is 0 Å². The molecule has 104 valence electrons. The maximum absolute atomic E-state index is 11.3. The van der Waals surface area contributed by atoms with Crippen molar-refractivity contribution in [3.63, 3.8) is 0 Å². The van der Waals surface area contributed by atoms with Crippen molar-refractivity contribution in [2.75, 3.05) is 6.61 Å². The Balaban J connectivity index is 4.40. The molecule has 0 saturated heterocycles. The highest BCUT2D eigenvalue weighted by molar-refractivity contribution is 6.83. The Morgan fingerprint density at radius 3 is 2.39 bits per heavy atom. The van der Waals surface area contributed by atoms with Gasteiger partial charge in [0.15, 0.2) is 6.10 Å². The predicted molar refractivity (Wildman–Crippen MR) is 77.2 cm³/mol. The molecule has 3 nitrogen and oxygen atoms in total. The molecule has 0 N–H and O–H groups in total. The van der Waals surface area contributed by atoms with Crippen molar-refractivity contribution in [1.29, 1.82) is 0 Å². The summed E-state index contributed by atoms with van der Waals surface area (Å²) < 4.78 is 10.0. The second kappa shape index (κ2) is 9.04. The third kappa shape index (κ3) is 10.2. The molecule has 1 unspecified atom stereocenters. The van der Waals surface area contributed by atoms with Crippen molar-refractivity contribution in [2.24, 2.45) is 0 Å². The maximum atomic E-state index is 11.3. The third-order valence-electron chi connectivity index (χ3n) is 2.18. The molecule has 0 aromatic rings. The molecule has 0 radical (unpaired) electrons. The first-order valence-electron chi connectivity index (χ1n) is 6.75. The topological polar surface area (TPSA) is 35.5 Å². The van der Waals surface area contributed by atoms with Crippen molar-refractivity contribution in [2.45, 2.75) is 65.3 Å². The van der Waals surface area contributed by atoms with Crippen LogP contribution in [0.25, 0.3) is 0 Å². The lowest BCUT2D eigenvalue weighted by Gasteiger charge is -2.13. The Morgan fingerprint density at radius 1 is 1.22 bits per heavy atom. The Morgan fingerprint density at radius 2 is 1.89 bits per heavy atom. The van der Waals surface area contributed by atoms with Gasteiger partial charge in [0.2, 0.25) is 0 Å². The normalized spacial score (nSPS) is 12.3. The average Bonchev–Trinajstić information content (AvgIpc) is 2.25. The zero-order chi connectivity index (χ0) is 14.0. The van der Waals surface area contributed by atoms with Gasteiger partial charge < -0.3 is 9.47 Å². The molecule has 0 amide bonds. The monoisotopic (exact) mass is 270 g/mol. The van der Waals surface area contributed by atoms with Gasteiger partial charge in [-0.2, -0.15) is 0 Å². The summed E-state index contributed by atoms with van der Waals surface area (Å²) in [5.41, 5.74) is 3.25. The molecular formula is C14H26O3Si. The second-order valence-electron chi connectivity index (χ2n) is 5.30. The highest BCUT2D eigenvalue weighted by atomic mass is 28.3. The number of hydrogen-bond donors (Lipinski definition) is 0. The van der Waals surface area contributed by atoms with Crippen LogP contribution in [0.2, 0.25) is 19.6 Å². The van der Waals surface area contributed by atoms with Crippen LogP contribution in [-0.2, 0) is 9.47 Å². The highest BCUT2D eigenvalue weighted by Crippen LogP contribution is 2.08. The molecule has 0 aliphatic rings. The molecular weight excluding hydrogens is 244 g/mol. The Kier molecular flexibility index (Phi) is 8.56. The minimum absolute atomic E-state index is 0.317. The van der Waals surface area contributed by atoms with E-state index in [1.807, 2.05) is 0 Å². The fourth-order valence-corrected chi connectivity index (χ4v) is 1.90. The second-order valence-corrected chi connectivity index (χ2v) is 10.1. The summed E-state index contributed by atoms with van der Waals surface area (Å²) in [7, 11) is -1.43. The van der Waals surface area contributed by atoms with Gasteiger partial charge in [0, 0.05) is 0 Å². The number of carbonyl (C=O) groups is 1. The summed E-state index contributed by atoms with van der Waals surface area (Å²) in [6.07, 6.45) is 3.18. The van der Waals surface area contributed by atoms with Crippen molar-refractivity contribution in [3.8, 4) is 11.5 Å². The molecule has 0 spiro atoms. The van der Waals surface area contributed by atoms with E-state index in [0.717, 1.165) is 25.7 Å². The van der Waals surface area contributed by atoms with Gasteiger partial charge >= 0.3 is 6.16 Å². The van der Waals surface area contributed by atoms with Crippen LogP contribution in [0, 0.1) is 11.5 Å². The van der Waals surface area contributed by atoms with E-state index in [0.29, 0.717) is 6.61 Å². The summed E-state index contributed by atoms with van der Waals surface area (Å²) in [5.74, 6) is 3.10. The molecule has 4 heteroatoms. The Bertz CT molecular complexity index is 296. The summed E-state index contributed by atoms with van der Waals surface area (Å²) in [6, 6.07) is 0. The lowest BCUT2D eigenvalue weighted by atomic mass is 10.1. The SMILES string of the molecule is CCCCCC(C#C[Si](C)(C)C)OC(=O)OCC. The molecule has 0 aliphatic carbocycles. The van der Waals surface area contributed by atoms with E-state index in [9.17, 15) is 4.79 Å². The van der Waals surface area contributed by atoms with Gasteiger partial charge in [0.1, 0.15) is 8.07 Å². The van der Waals surface area contributed by atoms with Crippen molar-refractivity contribution in [1.82, 2.24) is 0 Å². The first kappa shape index (κ1) is 17.0. The standard InChI is InChI=1S/C14H26O3Si/c1-6-8-9-10-13(11-12-18(3,4)5)17-14(15)16-7-2/h13H,6-10H2,1-5H3. The molecule has 0 aliphatic heterocycles. The molecule has 0 fully saturated rings. The molecule has 0 aromatic carbocycles. The van der Waals surface area contributed by atoms with Gasteiger partial charge in [-0.25, -0.2) is 4.79 Å². The van der Waals surface area contributed by atoms with Gasteiger partial charge in [-0.15, -0.1) is 5.54 Å². The van der Waals surface area contributed by atoms with Crippen LogP contribution in [0.15, 0.2) is 0 Å². The van der Waals surface area contributed by atoms with Crippen LogP contribution >= 0.6 is 0 Å². The van der Waals surface area contributed by atoms with Gasteiger partial charge in [0.25, 0.3) is 0 Å². The first-order valence-corrected chi connectivity index (χ1v) is 10.2. The minimum Gasteiger partial charge on any atom is -0.435 e. The van der Waals surface area contributed by atoms with Crippen molar-refractivity contribution >= 4 is 14.2 Å². The van der Waals surface area contributed by atoms with E-state index in [1.54, 1.807) is 6.92 Å². The fourth-order valence-electron chi connectivity index (χ4n) is 1.31. The van der Waals surface area contributed by atoms with E-state index in [1.165, 1.54) is 0 Å². The van der Waals surface area contributed by atoms with E-state index in [4.69, 9.17) is 9.47 Å². The number of rotatable bonds is 6.